The quantitative estimate of drug-likeness (QED) is 0.293. The number of nitrogens with one attached hydrogen (secondary N) is 1. The predicted molar refractivity (Wildman–Crippen MR) is 167 cm³/mol. The van der Waals surface area contributed by atoms with E-state index in [1.54, 1.807) is 26.8 Å². The van der Waals surface area contributed by atoms with Crippen LogP contribution in [0.5, 0.6) is 5.75 Å². The van der Waals surface area contributed by atoms with Gasteiger partial charge in [0.2, 0.25) is 5.91 Å². The zero-order chi connectivity index (χ0) is 31.2. The first-order valence-corrected chi connectivity index (χ1v) is 14.8. The summed E-state index contributed by atoms with van der Waals surface area (Å²) in [6, 6.07) is 3.60. The molecule has 7 nitrogen and oxygen atoms in total. The van der Waals surface area contributed by atoms with Crippen molar-refractivity contribution < 1.29 is 23.8 Å². The van der Waals surface area contributed by atoms with Crippen LogP contribution in [0.1, 0.15) is 82.0 Å². The van der Waals surface area contributed by atoms with Gasteiger partial charge in [0.1, 0.15) is 11.4 Å². The Bertz CT molecular complexity index is 1470. The number of hydrogen-bond acceptors (Lipinski definition) is 5. The molecule has 3 aromatic rings. The number of Topliss-reactive ketones (excluding diaryl/α,β-unsaturated/α-hetero) is 1. The maximum absolute atomic E-state index is 15.3. The number of halogens is 1. The van der Waals surface area contributed by atoms with Gasteiger partial charge in [-0.2, -0.15) is 0 Å². The number of hydrogen-bond donors (Lipinski definition) is 2. The lowest BCUT2D eigenvalue weighted by Crippen LogP contribution is -2.23. The van der Waals surface area contributed by atoms with Crippen molar-refractivity contribution in [3.63, 3.8) is 0 Å². The van der Waals surface area contributed by atoms with Gasteiger partial charge in [-0.1, -0.05) is 19.1 Å². The third-order valence-corrected chi connectivity index (χ3v) is 7.32. The summed E-state index contributed by atoms with van der Waals surface area (Å²) in [7, 11) is 1.94. The smallest absolute Gasteiger partial charge is 0.220 e. The van der Waals surface area contributed by atoms with Crippen molar-refractivity contribution in [3.8, 4) is 16.9 Å². The van der Waals surface area contributed by atoms with Gasteiger partial charge in [0.15, 0.2) is 11.6 Å². The average Bonchev–Trinajstić information content (AvgIpc) is 3.23. The van der Waals surface area contributed by atoms with Gasteiger partial charge in [-0.3, -0.25) is 9.59 Å². The standard InChI is InChI=1S/C30H36FN3O3.C4H10O/c1-6-8-13-32-27(36)12-11-20-15-25-28(23-17-26(31)29-22(18(23)3)10-9-14-37-29)24(16-21(35)7-2)19(4)33-30(25)34(20)5;1-4(2,3)5/h6,8,15,17H,7,9-14,16H2,1-5H3,(H,32,36);5H,1-3H3/b8-6+;. The third-order valence-electron chi connectivity index (χ3n) is 7.32. The van der Waals surface area contributed by atoms with Crippen LogP contribution in [-0.4, -0.2) is 45.1 Å². The Morgan fingerprint density at radius 3 is 2.57 bits per heavy atom. The molecule has 1 amide bonds. The van der Waals surface area contributed by atoms with Crippen molar-refractivity contribution >= 4 is 22.7 Å². The van der Waals surface area contributed by atoms with Crippen LogP contribution in [0.15, 0.2) is 24.3 Å². The van der Waals surface area contributed by atoms with E-state index in [0.717, 1.165) is 63.1 Å². The van der Waals surface area contributed by atoms with E-state index in [0.29, 0.717) is 38.2 Å². The topological polar surface area (TPSA) is 93.5 Å². The number of amides is 1. The van der Waals surface area contributed by atoms with E-state index in [1.165, 1.54) is 0 Å². The number of fused-ring (bicyclic) bond motifs is 2. The summed E-state index contributed by atoms with van der Waals surface area (Å²) in [6.45, 7) is 13.9. The first-order chi connectivity index (χ1) is 19.8. The number of aromatic nitrogens is 2. The van der Waals surface area contributed by atoms with Crippen molar-refractivity contribution in [2.24, 2.45) is 7.05 Å². The number of carbonyl (C=O) groups excluding carboxylic acids is 2. The summed E-state index contributed by atoms with van der Waals surface area (Å²) in [4.78, 5) is 29.8. The van der Waals surface area contributed by atoms with Crippen molar-refractivity contribution in [1.82, 2.24) is 14.9 Å². The van der Waals surface area contributed by atoms with E-state index in [9.17, 15) is 9.59 Å². The molecule has 1 aliphatic rings. The molecule has 0 fully saturated rings. The van der Waals surface area contributed by atoms with E-state index in [4.69, 9.17) is 14.8 Å². The Morgan fingerprint density at radius 1 is 1.24 bits per heavy atom. The number of ether oxygens (including phenoxy) is 1. The van der Waals surface area contributed by atoms with E-state index in [1.807, 2.05) is 57.5 Å². The minimum Gasteiger partial charge on any atom is -0.490 e. The molecular weight excluding hydrogens is 533 g/mol. The molecule has 0 saturated heterocycles. The van der Waals surface area contributed by atoms with E-state index in [-0.39, 0.29) is 23.9 Å². The van der Waals surface area contributed by atoms with Crippen molar-refractivity contribution in [2.75, 3.05) is 13.2 Å². The van der Waals surface area contributed by atoms with Crippen LogP contribution < -0.4 is 10.1 Å². The minimum atomic E-state index is -0.500. The summed E-state index contributed by atoms with van der Waals surface area (Å²) < 4.78 is 23.0. The fourth-order valence-corrected chi connectivity index (χ4v) is 5.16. The summed E-state index contributed by atoms with van der Waals surface area (Å²) in [5.74, 6) is 0.0615. The van der Waals surface area contributed by atoms with Crippen molar-refractivity contribution in [3.05, 3.63) is 58.2 Å². The predicted octanol–water partition coefficient (Wildman–Crippen LogP) is 6.24. The van der Waals surface area contributed by atoms with Crippen molar-refractivity contribution in [1.29, 1.82) is 0 Å². The lowest BCUT2D eigenvalue weighted by molar-refractivity contribution is -0.121. The van der Waals surface area contributed by atoms with Crippen LogP contribution in [-0.2, 0) is 35.9 Å². The monoisotopic (exact) mass is 579 g/mol. The number of ketones is 1. The molecule has 0 atom stereocenters. The number of rotatable bonds is 9. The summed E-state index contributed by atoms with van der Waals surface area (Å²) in [5.41, 5.74) is 6.31. The molecule has 2 aromatic heterocycles. The Balaban J connectivity index is 0.000000892. The summed E-state index contributed by atoms with van der Waals surface area (Å²) in [6.07, 6.45) is 6.95. The Morgan fingerprint density at radius 2 is 1.93 bits per heavy atom. The van der Waals surface area contributed by atoms with Crippen LogP contribution in [0.3, 0.4) is 0 Å². The zero-order valence-corrected chi connectivity index (χ0v) is 26.4. The van der Waals surface area contributed by atoms with E-state index in [2.05, 4.69) is 5.32 Å². The number of carbonyl (C=O) groups is 2. The minimum absolute atomic E-state index is 0.0189. The molecule has 0 saturated carbocycles. The SMILES string of the molecule is C/C=C/CNC(=O)CCc1cc2c(-c3cc(F)c4c(c3C)CCCO4)c(CC(=O)CC)c(C)nc2n1C.CC(C)(C)O. The van der Waals surface area contributed by atoms with Gasteiger partial charge >= 0.3 is 0 Å². The number of allylic oxidation sites excluding steroid dienone is 1. The van der Waals surface area contributed by atoms with E-state index < -0.39 is 5.60 Å². The largest absolute Gasteiger partial charge is 0.490 e. The molecule has 0 spiro atoms. The van der Waals surface area contributed by atoms with Crippen LogP contribution in [0.25, 0.3) is 22.2 Å². The van der Waals surface area contributed by atoms with Gasteiger partial charge in [-0.25, -0.2) is 9.37 Å². The molecule has 3 heterocycles. The molecule has 4 rings (SSSR count). The van der Waals surface area contributed by atoms with Gasteiger partial charge in [-0.05, 0) is 95.2 Å². The van der Waals surface area contributed by atoms with Crippen molar-refractivity contribution in [2.45, 2.75) is 92.6 Å². The molecule has 2 N–H and O–H groups in total. The van der Waals surface area contributed by atoms with Crippen LogP contribution in [0.2, 0.25) is 0 Å². The number of benzene rings is 1. The molecule has 0 bridgehead atoms. The number of pyridine rings is 1. The first-order valence-electron chi connectivity index (χ1n) is 14.8. The number of nitrogens with zero attached hydrogens (tertiary/aromatic N) is 2. The molecule has 0 radical (unpaired) electrons. The molecule has 0 aliphatic carbocycles. The molecule has 1 aromatic carbocycles. The highest BCUT2D eigenvalue weighted by atomic mass is 19.1. The summed E-state index contributed by atoms with van der Waals surface area (Å²) >= 11 is 0. The number of aryl methyl sites for hydroxylation is 3. The zero-order valence-electron chi connectivity index (χ0n) is 26.4. The highest BCUT2D eigenvalue weighted by molar-refractivity contribution is 5.99. The third kappa shape index (κ3) is 8.06. The van der Waals surface area contributed by atoms with Gasteiger partial charge < -0.3 is 19.7 Å². The second-order valence-corrected chi connectivity index (χ2v) is 11.9. The molecule has 228 valence electrons. The van der Waals surface area contributed by atoms with Gasteiger partial charge in [0.25, 0.3) is 0 Å². The highest BCUT2D eigenvalue weighted by Gasteiger charge is 2.26. The van der Waals surface area contributed by atoms with Gasteiger partial charge in [0.05, 0.1) is 12.2 Å². The fourth-order valence-electron chi connectivity index (χ4n) is 5.16. The fraction of sp³-hybridized carbons (Fsp3) is 0.500. The highest BCUT2D eigenvalue weighted by Crippen LogP contribution is 2.42. The first kappa shape index (κ1) is 33.0. The normalized spacial score (nSPS) is 13.0. The molecular formula is C34H46FN3O4. The Hall–Kier alpha value is -3.52. The maximum Gasteiger partial charge on any atom is 0.220 e. The van der Waals surface area contributed by atoms with Crippen LogP contribution in [0.4, 0.5) is 4.39 Å². The van der Waals surface area contributed by atoms with E-state index >= 15 is 4.39 Å². The lowest BCUT2D eigenvalue weighted by atomic mass is 9.87. The lowest BCUT2D eigenvalue weighted by Gasteiger charge is -2.23. The molecule has 1 aliphatic heterocycles. The van der Waals surface area contributed by atoms with Gasteiger partial charge in [-0.15, -0.1) is 0 Å². The molecule has 0 unspecified atom stereocenters. The summed E-state index contributed by atoms with van der Waals surface area (Å²) in [5, 5.41) is 12.3. The average molecular weight is 580 g/mol. The van der Waals surface area contributed by atoms with Crippen LogP contribution in [0, 0.1) is 19.7 Å². The van der Waals surface area contributed by atoms with Crippen LogP contribution >= 0.6 is 0 Å². The second-order valence-electron chi connectivity index (χ2n) is 11.9. The second kappa shape index (κ2) is 14.1. The molecule has 8 heteroatoms. The Labute approximate surface area is 249 Å². The number of aliphatic hydroxyl groups is 1. The Kier molecular flexibility index (Phi) is 11.1. The molecule has 42 heavy (non-hydrogen) atoms. The maximum atomic E-state index is 15.3. The van der Waals surface area contributed by atoms with Gasteiger partial charge in [0, 0.05) is 55.2 Å².